The fourth-order valence-corrected chi connectivity index (χ4v) is 7.33. The summed E-state index contributed by atoms with van der Waals surface area (Å²) in [6.45, 7) is 0.774. The van der Waals surface area contributed by atoms with Gasteiger partial charge < -0.3 is 42.4 Å². The fourth-order valence-electron chi connectivity index (χ4n) is 6.72. The van der Waals surface area contributed by atoms with Crippen LogP contribution in [0.25, 0.3) is 0 Å². The number of nitrogens with zero attached hydrogens (tertiary/aromatic N) is 3. The molecule has 6 rings (SSSR count). The number of rotatable bonds is 1. The lowest BCUT2D eigenvalue weighted by atomic mass is 9.68. The Kier molecular flexibility index (Phi) is 3.12. The van der Waals surface area contributed by atoms with Crippen molar-refractivity contribution in [2.24, 2.45) is 45.4 Å². The number of carbonyl (C=O) groups is 1. The first-order valence-corrected chi connectivity index (χ1v) is 10.2. The third-order valence-electron chi connectivity index (χ3n) is 7.62. The number of aromatic nitrogens is 1. The Bertz CT molecular complexity index is 992. The van der Waals surface area contributed by atoms with Gasteiger partial charge in [0.2, 0.25) is 0 Å². The second-order valence-corrected chi connectivity index (χ2v) is 9.10. The number of hydrogen-bond donors (Lipinski definition) is 6. The van der Waals surface area contributed by atoms with Crippen LogP contribution in [0.1, 0.15) is 16.7 Å². The molecule has 5 aliphatic rings. The van der Waals surface area contributed by atoms with Crippen LogP contribution < -0.4 is 27.8 Å². The molecule has 9 N–H and O–H groups in total. The van der Waals surface area contributed by atoms with Crippen LogP contribution in [0.2, 0.25) is 0 Å². The summed E-state index contributed by atoms with van der Waals surface area (Å²) < 4.78 is 1.87. The summed E-state index contributed by atoms with van der Waals surface area (Å²) in [6.07, 6.45) is 2.23. The van der Waals surface area contributed by atoms with Gasteiger partial charge in [0, 0.05) is 18.7 Å². The van der Waals surface area contributed by atoms with Crippen LogP contribution in [0.5, 0.6) is 0 Å². The molecule has 0 bridgehead atoms. The molecule has 0 aromatic carbocycles. The van der Waals surface area contributed by atoms with E-state index in [1.165, 1.54) is 0 Å². The van der Waals surface area contributed by atoms with Crippen molar-refractivity contribution in [1.82, 2.24) is 20.1 Å². The van der Waals surface area contributed by atoms with Crippen molar-refractivity contribution in [3.05, 3.63) is 35.9 Å². The Labute approximate surface area is 171 Å². The van der Waals surface area contributed by atoms with E-state index in [4.69, 9.17) is 33.8 Å². The van der Waals surface area contributed by atoms with Gasteiger partial charge in [-0.25, -0.2) is 4.99 Å². The predicted octanol–water partition coefficient (Wildman–Crippen LogP) is -1.79. The number of alkyl halides is 1. The van der Waals surface area contributed by atoms with Crippen molar-refractivity contribution < 1.29 is 9.90 Å². The Balaban J connectivity index is 1.63. The van der Waals surface area contributed by atoms with Crippen molar-refractivity contribution in [3.63, 3.8) is 0 Å². The SMILES string of the molecule is NC[C@H]1[C@H]2CN3C(=O)c4cccn4[C@H]4NC(N)=NC43[C@H]2[C@@]2(C=C(N)N[C@@H]2O)[C@H]1Cl. The van der Waals surface area contributed by atoms with Crippen molar-refractivity contribution in [2.45, 2.75) is 23.4 Å². The molecule has 1 unspecified atom stereocenters. The number of nitrogens with two attached hydrogens (primary N) is 3. The molecule has 8 atom stereocenters. The molecule has 1 saturated heterocycles. The standard InChI is InChI=1S/C18H23ClN8O2/c19-12-7(5-20)8-6-27-13(28)9-2-1-3-26(9)14-18(27,25-16(22)24-14)11(8)17(12)4-10(21)23-15(17)29/h1-4,7-8,11-12,14-15,23,29H,5-6,20-21H2,(H3,22,24,25)/t7-,8+,11+,12-,14+,15+,17-,18?/m0/s1. The van der Waals surface area contributed by atoms with E-state index in [1.54, 1.807) is 17.0 Å². The molecule has 10 nitrogen and oxygen atoms in total. The van der Waals surface area contributed by atoms with Crippen LogP contribution >= 0.6 is 11.6 Å². The van der Waals surface area contributed by atoms with Gasteiger partial charge in [0.1, 0.15) is 11.9 Å². The van der Waals surface area contributed by atoms with E-state index in [2.05, 4.69) is 10.6 Å². The quantitative estimate of drug-likeness (QED) is 0.293. The van der Waals surface area contributed by atoms with Crippen LogP contribution in [0.15, 0.2) is 35.2 Å². The summed E-state index contributed by atoms with van der Waals surface area (Å²) in [5.74, 6) is -0.00999. The fraction of sp³-hybridized carbons (Fsp3) is 0.556. The first-order valence-electron chi connectivity index (χ1n) is 9.74. The maximum atomic E-state index is 13.4. The summed E-state index contributed by atoms with van der Waals surface area (Å²) in [5, 5.41) is 16.8. The Morgan fingerprint density at radius 3 is 2.86 bits per heavy atom. The number of halogens is 1. The van der Waals surface area contributed by atoms with Crippen LogP contribution in [0.3, 0.4) is 0 Å². The summed E-state index contributed by atoms with van der Waals surface area (Å²) >= 11 is 6.98. The maximum absolute atomic E-state index is 13.4. The van der Waals surface area contributed by atoms with Gasteiger partial charge in [-0.3, -0.25) is 4.79 Å². The number of fused-ring (bicyclic) bond motifs is 4. The van der Waals surface area contributed by atoms with Crippen LogP contribution in [-0.4, -0.2) is 56.8 Å². The van der Waals surface area contributed by atoms with Crippen molar-refractivity contribution in [2.75, 3.05) is 13.1 Å². The highest BCUT2D eigenvalue weighted by Crippen LogP contribution is 2.67. The number of carbonyl (C=O) groups excluding carboxylic acids is 1. The highest BCUT2D eigenvalue weighted by Gasteiger charge is 2.78. The van der Waals surface area contributed by atoms with Gasteiger partial charge in [-0.05, 0) is 36.6 Å². The first kappa shape index (κ1) is 17.4. The van der Waals surface area contributed by atoms with E-state index in [-0.39, 0.29) is 29.6 Å². The molecule has 1 aromatic heterocycles. The third kappa shape index (κ3) is 1.69. The second kappa shape index (κ2) is 5.18. The predicted molar refractivity (Wildman–Crippen MR) is 105 cm³/mol. The smallest absolute Gasteiger partial charge is 0.272 e. The van der Waals surface area contributed by atoms with Crippen LogP contribution in [0, 0.1) is 23.2 Å². The lowest BCUT2D eigenvalue weighted by Crippen LogP contribution is -2.64. The zero-order valence-electron chi connectivity index (χ0n) is 15.5. The van der Waals surface area contributed by atoms with Crippen molar-refractivity contribution in [1.29, 1.82) is 0 Å². The second-order valence-electron chi connectivity index (χ2n) is 8.63. The molecule has 29 heavy (non-hydrogen) atoms. The van der Waals surface area contributed by atoms with Gasteiger partial charge in [-0.1, -0.05) is 0 Å². The van der Waals surface area contributed by atoms with Gasteiger partial charge in [-0.15, -0.1) is 11.6 Å². The maximum Gasteiger partial charge on any atom is 0.272 e. The molecule has 5 heterocycles. The van der Waals surface area contributed by atoms with Gasteiger partial charge in [0.15, 0.2) is 17.8 Å². The molecule has 4 aliphatic heterocycles. The minimum atomic E-state index is -1.03. The molecule has 1 saturated carbocycles. The monoisotopic (exact) mass is 418 g/mol. The summed E-state index contributed by atoms with van der Waals surface area (Å²) in [7, 11) is 0. The molecule has 154 valence electrons. The topological polar surface area (TPSA) is 160 Å². The number of aliphatic hydroxyl groups is 1. The van der Waals surface area contributed by atoms with E-state index >= 15 is 0 Å². The Morgan fingerprint density at radius 2 is 2.17 bits per heavy atom. The minimum absolute atomic E-state index is 0.0615. The highest BCUT2D eigenvalue weighted by atomic mass is 35.5. The number of aliphatic hydroxyl groups excluding tert-OH is 1. The molecule has 0 radical (unpaired) electrons. The lowest BCUT2D eigenvalue weighted by Gasteiger charge is -2.49. The number of nitrogens with one attached hydrogen (secondary N) is 2. The minimum Gasteiger partial charge on any atom is -0.386 e. The average molecular weight is 419 g/mol. The Morgan fingerprint density at radius 1 is 1.38 bits per heavy atom. The number of guanidine groups is 1. The van der Waals surface area contributed by atoms with E-state index in [0.29, 0.717) is 24.6 Å². The van der Waals surface area contributed by atoms with Crippen LogP contribution in [0.4, 0.5) is 0 Å². The van der Waals surface area contributed by atoms with Crippen LogP contribution in [-0.2, 0) is 0 Å². The van der Waals surface area contributed by atoms with E-state index in [0.717, 1.165) is 0 Å². The van der Waals surface area contributed by atoms with Gasteiger partial charge >= 0.3 is 0 Å². The molecule has 2 spiro atoms. The summed E-state index contributed by atoms with van der Waals surface area (Å²) in [6, 6.07) is 3.62. The van der Waals surface area contributed by atoms with E-state index in [1.807, 2.05) is 16.8 Å². The number of aliphatic imine (C=N–C) groups is 1. The zero-order chi connectivity index (χ0) is 20.3. The molecule has 11 heteroatoms. The van der Waals surface area contributed by atoms with Gasteiger partial charge in [-0.2, -0.15) is 0 Å². The largest absolute Gasteiger partial charge is 0.386 e. The van der Waals surface area contributed by atoms with E-state index < -0.39 is 28.8 Å². The normalized spacial score (nSPS) is 46.6. The third-order valence-corrected chi connectivity index (χ3v) is 8.32. The zero-order valence-corrected chi connectivity index (χ0v) is 16.3. The molecular weight excluding hydrogens is 396 g/mol. The van der Waals surface area contributed by atoms with Crippen molar-refractivity contribution in [3.8, 4) is 0 Å². The number of hydrogen-bond acceptors (Lipinski definition) is 8. The summed E-state index contributed by atoms with van der Waals surface area (Å²) in [4.78, 5) is 20.1. The molecular formula is C18H23ClN8O2. The average Bonchev–Trinajstić information content (AvgIpc) is 3.42. The highest BCUT2D eigenvalue weighted by molar-refractivity contribution is 6.22. The summed E-state index contributed by atoms with van der Waals surface area (Å²) in [5.41, 5.74) is 17.0. The molecule has 1 amide bonds. The first-order chi connectivity index (χ1) is 13.9. The van der Waals surface area contributed by atoms with Gasteiger partial charge in [0.05, 0.1) is 16.6 Å². The Hall–Kier alpha value is -2.43. The number of amides is 1. The lowest BCUT2D eigenvalue weighted by molar-refractivity contribution is -0.0395. The van der Waals surface area contributed by atoms with E-state index in [9.17, 15) is 9.90 Å². The molecule has 1 aliphatic carbocycles. The molecule has 1 aromatic rings. The van der Waals surface area contributed by atoms with Crippen molar-refractivity contribution >= 4 is 23.5 Å². The molecule has 2 fully saturated rings. The van der Waals surface area contributed by atoms with Gasteiger partial charge in [0.25, 0.3) is 5.91 Å².